The number of rotatable bonds is 5. The number of nitrogens with one attached hydrogen (secondary N) is 1. The molecule has 0 aliphatic heterocycles. The zero-order valence-corrected chi connectivity index (χ0v) is 5.63. The maximum absolute atomic E-state index is 8.77. The van der Waals surface area contributed by atoms with Crippen molar-refractivity contribution in [3.8, 4) is 0 Å². The summed E-state index contributed by atoms with van der Waals surface area (Å²) >= 11 is 0. The standard InChI is InChI=1S/C6H13NO2/c1-3-5-7-9-6(8)4-2/h3,6-8H,1,4-5H2,2H3. The van der Waals surface area contributed by atoms with E-state index >= 15 is 0 Å². The largest absolute Gasteiger partial charge is 0.366 e. The Kier molecular flexibility index (Phi) is 5.51. The minimum absolute atomic E-state index is 0.553. The Labute approximate surface area is 55.3 Å². The molecule has 1 atom stereocenters. The molecule has 2 N–H and O–H groups in total. The van der Waals surface area contributed by atoms with Crippen molar-refractivity contribution in [1.29, 1.82) is 0 Å². The molecule has 0 heterocycles. The number of hydrogen-bond acceptors (Lipinski definition) is 3. The van der Waals surface area contributed by atoms with Crippen LogP contribution in [0.1, 0.15) is 13.3 Å². The van der Waals surface area contributed by atoms with E-state index in [4.69, 9.17) is 5.11 Å². The van der Waals surface area contributed by atoms with Crippen LogP contribution < -0.4 is 5.48 Å². The molecule has 0 aromatic rings. The number of aliphatic hydroxyl groups excluding tert-OH is 1. The molecule has 0 amide bonds. The fraction of sp³-hybridized carbons (Fsp3) is 0.667. The summed E-state index contributed by atoms with van der Waals surface area (Å²) < 4.78 is 0. The van der Waals surface area contributed by atoms with E-state index in [1.807, 2.05) is 6.92 Å². The summed E-state index contributed by atoms with van der Waals surface area (Å²) in [6.07, 6.45) is 1.54. The molecule has 3 nitrogen and oxygen atoms in total. The fourth-order valence-corrected chi connectivity index (χ4v) is 0.287. The summed E-state index contributed by atoms with van der Waals surface area (Å²) in [7, 11) is 0. The van der Waals surface area contributed by atoms with Crippen molar-refractivity contribution in [2.24, 2.45) is 0 Å². The first-order chi connectivity index (χ1) is 4.31. The Morgan fingerprint density at radius 2 is 2.56 bits per heavy atom. The molecule has 9 heavy (non-hydrogen) atoms. The summed E-state index contributed by atoms with van der Waals surface area (Å²) in [5.74, 6) is 0. The molecule has 0 spiro atoms. The number of aliphatic hydroxyl groups is 1. The Balaban J connectivity index is 2.96. The predicted molar refractivity (Wildman–Crippen MR) is 35.6 cm³/mol. The van der Waals surface area contributed by atoms with Crippen molar-refractivity contribution in [3.63, 3.8) is 0 Å². The molecule has 0 rings (SSSR count). The van der Waals surface area contributed by atoms with Gasteiger partial charge >= 0.3 is 0 Å². The Hall–Kier alpha value is -0.380. The second-order valence-electron chi connectivity index (χ2n) is 1.62. The van der Waals surface area contributed by atoms with E-state index in [1.165, 1.54) is 0 Å². The second kappa shape index (κ2) is 5.75. The molecule has 0 radical (unpaired) electrons. The van der Waals surface area contributed by atoms with Gasteiger partial charge in [-0.2, -0.15) is 5.48 Å². The van der Waals surface area contributed by atoms with E-state index in [-0.39, 0.29) is 0 Å². The Morgan fingerprint density at radius 3 is 3.00 bits per heavy atom. The van der Waals surface area contributed by atoms with Crippen molar-refractivity contribution in [3.05, 3.63) is 12.7 Å². The van der Waals surface area contributed by atoms with Gasteiger partial charge in [0, 0.05) is 6.54 Å². The minimum Gasteiger partial charge on any atom is -0.366 e. The third kappa shape index (κ3) is 5.49. The van der Waals surface area contributed by atoms with E-state index in [0.29, 0.717) is 13.0 Å². The fourth-order valence-electron chi connectivity index (χ4n) is 0.287. The van der Waals surface area contributed by atoms with Crippen LogP contribution in [0.3, 0.4) is 0 Å². The molecule has 54 valence electrons. The van der Waals surface area contributed by atoms with Crippen LogP contribution >= 0.6 is 0 Å². The van der Waals surface area contributed by atoms with Gasteiger partial charge in [-0.1, -0.05) is 13.0 Å². The van der Waals surface area contributed by atoms with E-state index in [0.717, 1.165) is 0 Å². The van der Waals surface area contributed by atoms with Gasteiger partial charge in [-0.3, -0.25) is 4.84 Å². The van der Waals surface area contributed by atoms with Crippen LogP contribution in [0.2, 0.25) is 0 Å². The van der Waals surface area contributed by atoms with Crippen LogP contribution in [0.15, 0.2) is 12.7 Å². The van der Waals surface area contributed by atoms with Gasteiger partial charge < -0.3 is 5.11 Å². The van der Waals surface area contributed by atoms with Gasteiger partial charge in [-0.25, -0.2) is 0 Å². The summed E-state index contributed by atoms with van der Waals surface area (Å²) in [5.41, 5.74) is 2.52. The Bertz CT molecular complexity index is 75.5. The van der Waals surface area contributed by atoms with Crippen molar-refractivity contribution < 1.29 is 9.94 Å². The molecule has 0 aliphatic carbocycles. The topological polar surface area (TPSA) is 41.5 Å². The molecule has 3 heteroatoms. The zero-order valence-electron chi connectivity index (χ0n) is 5.63. The van der Waals surface area contributed by atoms with Crippen LogP contribution in [0, 0.1) is 0 Å². The average molecular weight is 131 g/mol. The maximum atomic E-state index is 8.77. The molecular weight excluding hydrogens is 118 g/mol. The predicted octanol–water partition coefficient (Wildman–Crippen LogP) is 0.422. The van der Waals surface area contributed by atoms with Gasteiger partial charge in [0.05, 0.1) is 0 Å². The van der Waals surface area contributed by atoms with Crippen LogP contribution in [-0.4, -0.2) is 17.9 Å². The lowest BCUT2D eigenvalue weighted by Crippen LogP contribution is -2.22. The van der Waals surface area contributed by atoms with Crippen LogP contribution in [0.4, 0.5) is 0 Å². The molecule has 0 aromatic heterocycles. The number of hydrogen-bond donors (Lipinski definition) is 2. The van der Waals surface area contributed by atoms with E-state index in [9.17, 15) is 0 Å². The monoisotopic (exact) mass is 131 g/mol. The maximum Gasteiger partial charge on any atom is 0.174 e. The third-order valence-electron chi connectivity index (χ3n) is 0.796. The van der Waals surface area contributed by atoms with E-state index < -0.39 is 6.29 Å². The lowest BCUT2D eigenvalue weighted by atomic mass is 10.5. The highest BCUT2D eigenvalue weighted by Gasteiger charge is 1.96. The van der Waals surface area contributed by atoms with Gasteiger partial charge in [0.1, 0.15) is 0 Å². The molecule has 0 fully saturated rings. The molecule has 0 saturated heterocycles. The SMILES string of the molecule is C=CCNOC(O)CC. The molecule has 0 aromatic carbocycles. The summed E-state index contributed by atoms with van der Waals surface area (Å²) in [6.45, 7) is 5.85. The molecule has 1 unspecified atom stereocenters. The van der Waals surface area contributed by atoms with Gasteiger partial charge in [-0.15, -0.1) is 6.58 Å². The minimum atomic E-state index is -0.704. The highest BCUT2D eigenvalue weighted by Crippen LogP contribution is 1.87. The van der Waals surface area contributed by atoms with Crippen molar-refractivity contribution in [1.82, 2.24) is 5.48 Å². The quantitative estimate of drug-likeness (QED) is 0.246. The van der Waals surface area contributed by atoms with Crippen LogP contribution in [0.25, 0.3) is 0 Å². The van der Waals surface area contributed by atoms with Crippen molar-refractivity contribution in [2.75, 3.05) is 6.54 Å². The normalized spacial score (nSPS) is 13.1. The van der Waals surface area contributed by atoms with Crippen LogP contribution in [0.5, 0.6) is 0 Å². The van der Waals surface area contributed by atoms with Gasteiger partial charge in [0.15, 0.2) is 6.29 Å². The first-order valence-electron chi connectivity index (χ1n) is 2.98. The van der Waals surface area contributed by atoms with Crippen molar-refractivity contribution in [2.45, 2.75) is 19.6 Å². The first-order valence-corrected chi connectivity index (χ1v) is 2.98. The molecule has 0 bridgehead atoms. The van der Waals surface area contributed by atoms with E-state index in [1.54, 1.807) is 6.08 Å². The Morgan fingerprint density at radius 1 is 1.89 bits per heavy atom. The lowest BCUT2D eigenvalue weighted by Gasteiger charge is -2.07. The van der Waals surface area contributed by atoms with Gasteiger partial charge in [0.2, 0.25) is 0 Å². The molecule has 0 saturated carbocycles. The summed E-state index contributed by atoms with van der Waals surface area (Å²) in [5, 5.41) is 8.77. The first kappa shape index (κ1) is 8.62. The molecule has 0 aliphatic rings. The highest BCUT2D eigenvalue weighted by atomic mass is 16.7. The summed E-state index contributed by atoms with van der Waals surface area (Å²) in [6, 6.07) is 0. The number of hydroxylamine groups is 1. The average Bonchev–Trinajstić information content (AvgIpc) is 1.89. The van der Waals surface area contributed by atoms with Crippen LogP contribution in [-0.2, 0) is 4.84 Å². The second-order valence-corrected chi connectivity index (χ2v) is 1.62. The van der Waals surface area contributed by atoms with E-state index in [2.05, 4.69) is 16.9 Å². The smallest absolute Gasteiger partial charge is 0.174 e. The summed E-state index contributed by atoms with van der Waals surface area (Å²) in [4.78, 5) is 4.67. The lowest BCUT2D eigenvalue weighted by molar-refractivity contribution is -0.144. The third-order valence-corrected chi connectivity index (χ3v) is 0.796. The molecular formula is C6H13NO2. The van der Waals surface area contributed by atoms with Gasteiger partial charge in [-0.05, 0) is 6.42 Å². The van der Waals surface area contributed by atoms with Gasteiger partial charge in [0.25, 0.3) is 0 Å². The van der Waals surface area contributed by atoms with Crippen molar-refractivity contribution >= 4 is 0 Å². The highest BCUT2D eigenvalue weighted by molar-refractivity contribution is 4.66. The zero-order chi connectivity index (χ0) is 7.11.